The number of urea groups is 1. The first-order chi connectivity index (χ1) is 14.2. The van der Waals surface area contributed by atoms with Crippen molar-refractivity contribution < 1.29 is 27.4 Å². The van der Waals surface area contributed by atoms with Crippen LogP contribution in [0.3, 0.4) is 0 Å². The van der Waals surface area contributed by atoms with Crippen molar-refractivity contribution in [1.82, 2.24) is 9.88 Å². The van der Waals surface area contributed by atoms with Crippen LogP contribution < -0.4 is 14.8 Å². The maximum Gasteiger partial charge on any atom is 0.573 e. The Morgan fingerprint density at radius 2 is 1.97 bits per heavy atom. The Hall–Kier alpha value is -3.23. The second kappa shape index (κ2) is 9.06. The molecule has 160 valence electrons. The average Bonchev–Trinajstić information content (AvgIpc) is 2.70. The lowest BCUT2D eigenvalue weighted by atomic mass is 9.91. The molecule has 6 nitrogen and oxygen atoms in total. The Kier molecular flexibility index (Phi) is 6.49. The van der Waals surface area contributed by atoms with Crippen molar-refractivity contribution in [2.24, 2.45) is 5.92 Å². The Bertz CT molecular complexity index is 896. The maximum atomic E-state index is 12.5. The number of alkyl halides is 3. The van der Waals surface area contributed by atoms with Crippen LogP contribution in [0.2, 0.25) is 0 Å². The van der Waals surface area contributed by atoms with E-state index in [1.54, 1.807) is 29.2 Å². The first kappa shape index (κ1) is 21.5. The number of nitrogens with zero attached hydrogens (tertiary/aromatic N) is 2. The van der Waals surface area contributed by atoms with Crippen molar-refractivity contribution in [3.05, 3.63) is 53.7 Å². The molecule has 1 aromatic carbocycles. The normalized spacial score (nSPS) is 18.2. The molecule has 0 saturated carbocycles. The van der Waals surface area contributed by atoms with Gasteiger partial charge in [-0.15, -0.1) is 13.2 Å². The zero-order chi connectivity index (χ0) is 21.7. The molecule has 1 N–H and O–H groups in total. The number of rotatable bonds is 4. The number of piperidine rings is 1. The van der Waals surface area contributed by atoms with Crippen LogP contribution in [-0.2, 0) is 0 Å². The number of nitrogens with one attached hydrogen (secondary N) is 1. The van der Waals surface area contributed by atoms with E-state index in [0.29, 0.717) is 31.1 Å². The monoisotopic (exact) mass is 421 g/mol. The van der Waals surface area contributed by atoms with Gasteiger partial charge in [-0.1, -0.05) is 30.7 Å². The van der Waals surface area contributed by atoms with Crippen molar-refractivity contribution in [1.29, 1.82) is 0 Å². The molecule has 2 aromatic rings. The van der Waals surface area contributed by atoms with E-state index in [9.17, 15) is 18.0 Å². The van der Waals surface area contributed by atoms with Crippen molar-refractivity contribution >= 4 is 17.8 Å². The van der Waals surface area contributed by atoms with Crippen LogP contribution in [0.15, 0.2) is 48.2 Å². The van der Waals surface area contributed by atoms with Crippen LogP contribution in [-0.4, -0.2) is 42.5 Å². The summed E-state index contributed by atoms with van der Waals surface area (Å²) >= 11 is 0. The average molecular weight is 421 g/mol. The van der Waals surface area contributed by atoms with Crippen LogP contribution in [0.5, 0.6) is 11.6 Å². The minimum Gasteiger partial charge on any atom is -0.481 e. The van der Waals surface area contributed by atoms with Gasteiger partial charge in [-0.05, 0) is 36.1 Å². The number of amides is 2. The number of benzene rings is 1. The molecule has 1 aliphatic rings. The predicted octanol–water partition coefficient (Wildman–Crippen LogP) is 4.95. The summed E-state index contributed by atoms with van der Waals surface area (Å²) in [5.74, 6) is 0.328. The summed E-state index contributed by atoms with van der Waals surface area (Å²) in [6, 6.07) is 8.91. The molecule has 1 saturated heterocycles. The molecule has 1 unspecified atom stereocenters. The summed E-state index contributed by atoms with van der Waals surface area (Å²) in [5.41, 5.74) is 2.50. The second-order valence-electron chi connectivity index (χ2n) is 6.95. The molecule has 1 aromatic heterocycles. The summed E-state index contributed by atoms with van der Waals surface area (Å²) < 4.78 is 45.7. The number of carbonyl (C=O) groups excluding carboxylic acids is 1. The molecule has 1 fully saturated rings. The Morgan fingerprint density at radius 3 is 2.53 bits per heavy atom. The molecule has 3 rings (SSSR count). The minimum atomic E-state index is -4.70. The van der Waals surface area contributed by atoms with E-state index in [1.165, 1.54) is 25.4 Å². The number of aromatic nitrogens is 1. The fraction of sp³-hybridized carbons (Fsp3) is 0.333. The predicted molar refractivity (Wildman–Crippen MR) is 106 cm³/mol. The second-order valence-corrected chi connectivity index (χ2v) is 6.95. The highest BCUT2D eigenvalue weighted by atomic mass is 19.4. The molecule has 9 heteroatoms. The van der Waals surface area contributed by atoms with E-state index >= 15 is 0 Å². The topological polar surface area (TPSA) is 63.7 Å². The van der Waals surface area contributed by atoms with E-state index in [0.717, 1.165) is 11.1 Å². The smallest absolute Gasteiger partial charge is 0.481 e. The van der Waals surface area contributed by atoms with Gasteiger partial charge in [0, 0.05) is 19.2 Å². The molecule has 0 bridgehead atoms. The van der Waals surface area contributed by atoms with E-state index < -0.39 is 6.36 Å². The van der Waals surface area contributed by atoms with E-state index in [1.807, 2.05) is 13.0 Å². The summed E-state index contributed by atoms with van der Waals surface area (Å²) in [4.78, 5) is 18.3. The number of halogens is 3. The molecule has 30 heavy (non-hydrogen) atoms. The van der Waals surface area contributed by atoms with Gasteiger partial charge < -0.3 is 19.7 Å². The van der Waals surface area contributed by atoms with E-state index in [4.69, 9.17) is 4.74 Å². The number of likely N-dealkylation sites (tertiary alicyclic amines) is 1. The largest absolute Gasteiger partial charge is 0.573 e. The lowest BCUT2D eigenvalue weighted by Gasteiger charge is -2.33. The molecular weight excluding hydrogens is 399 g/mol. The zero-order valence-corrected chi connectivity index (χ0v) is 16.6. The lowest BCUT2D eigenvalue weighted by molar-refractivity contribution is -0.274. The quantitative estimate of drug-likeness (QED) is 0.759. The van der Waals surface area contributed by atoms with E-state index in [2.05, 4.69) is 15.0 Å². The van der Waals surface area contributed by atoms with Gasteiger partial charge in [-0.2, -0.15) is 0 Å². The third kappa shape index (κ3) is 5.88. The summed E-state index contributed by atoms with van der Waals surface area (Å²) in [5, 5.41) is 2.82. The summed E-state index contributed by atoms with van der Waals surface area (Å²) in [6.07, 6.45) is -0.549. The third-order valence-corrected chi connectivity index (χ3v) is 4.75. The molecule has 1 atom stereocenters. The number of methoxy groups -OCH3 is 1. The van der Waals surface area contributed by atoms with Gasteiger partial charge in [0.15, 0.2) is 0 Å². The van der Waals surface area contributed by atoms with Crippen molar-refractivity contribution in [3.63, 3.8) is 0 Å². The molecular formula is C21H22F3N3O3. The fourth-order valence-electron chi connectivity index (χ4n) is 3.21. The number of pyridine rings is 1. The first-order valence-electron chi connectivity index (χ1n) is 9.36. The van der Waals surface area contributed by atoms with Gasteiger partial charge >= 0.3 is 12.4 Å². The summed E-state index contributed by atoms with van der Waals surface area (Å²) in [6.45, 7) is 3.10. The molecule has 0 radical (unpaired) electrons. The van der Waals surface area contributed by atoms with Crippen LogP contribution in [0.25, 0.3) is 6.08 Å². The van der Waals surface area contributed by atoms with E-state index in [-0.39, 0.29) is 17.7 Å². The van der Waals surface area contributed by atoms with Crippen LogP contribution in [0.1, 0.15) is 18.9 Å². The number of carbonyl (C=O) groups is 1. The van der Waals surface area contributed by atoms with Gasteiger partial charge in [0.1, 0.15) is 5.75 Å². The lowest BCUT2D eigenvalue weighted by Crippen LogP contribution is -2.42. The Balaban J connectivity index is 1.58. The number of hydrogen-bond acceptors (Lipinski definition) is 4. The first-order valence-corrected chi connectivity index (χ1v) is 9.36. The number of hydrogen-bond donors (Lipinski definition) is 1. The van der Waals surface area contributed by atoms with Crippen molar-refractivity contribution in [3.8, 4) is 11.6 Å². The van der Waals surface area contributed by atoms with Gasteiger partial charge in [-0.3, -0.25) is 0 Å². The van der Waals surface area contributed by atoms with Crippen LogP contribution >= 0.6 is 0 Å². The van der Waals surface area contributed by atoms with Gasteiger partial charge in [0.05, 0.1) is 19.0 Å². The van der Waals surface area contributed by atoms with Crippen molar-refractivity contribution in [2.45, 2.75) is 19.7 Å². The molecule has 2 amide bonds. The fourth-order valence-corrected chi connectivity index (χ4v) is 3.21. The van der Waals surface area contributed by atoms with Crippen LogP contribution in [0.4, 0.5) is 23.7 Å². The van der Waals surface area contributed by atoms with Crippen molar-refractivity contribution in [2.75, 3.05) is 25.5 Å². The van der Waals surface area contributed by atoms with Gasteiger partial charge in [-0.25, -0.2) is 9.78 Å². The standard InChI is InChI=1S/C21H22F3N3O3/c1-14-13-27(20(28)26-17-5-8-19(29-2)25-12-17)10-9-16(14)11-15-3-6-18(7-4-15)30-21(22,23)24/h3-8,11-12,14H,9-10,13H2,1-2H3,(H,26,28)/b16-11+. The molecule has 2 heterocycles. The highest BCUT2D eigenvalue weighted by Crippen LogP contribution is 2.27. The minimum absolute atomic E-state index is 0.115. The number of ether oxygens (including phenoxy) is 2. The van der Waals surface area contributed by atoms with Gasteiger partial charge in [0.25, 0.3) is 0 Å². The SMILES string of the molecule is COc1ccc(NC(=O)N2CC/C(=C\c3ccc(OC(F)(F)F)cc3)C(C)C2)cn1. The zero-order valence-electron chi connectivity index (χ0n) is 16.6. The Labute approximate surface area is 172 Å². The number of anilines is 1. The van der Waals surface area contributed by atoms with Crippen LogP contribution in [0, 0.1) is 5.92 Å². The highest BCUT2D eigenvalue weighted by Gasteiger charge is 2.31. The van der Waals surface area contributed by atoms with Gasteiger partial charge in [0.2, 0.25) is 5.88 Å². The maximum absolute atomic E-state index is 12.5. The molecule has 1 aliphatic heterocycles. The molecule has 0 spiro atoms. The summed E-state index contributed by atoms with van der Waals surface area (Å²) in [7, 11) is 1.52. The molecule has 0 aliphatic carbocycles. The Morgan fingerprint density at radius 1 is 1.23 bits per heavy atom. The highest BCUT2D eigenvalue weighted by molar-refractivity contribution is 5.89. The third-order valence-electron chi connectivity index (χ3n) is 4.75.